The topological polar surface area (TPSA) is 109 Å². The van der Waals surface area contributed by atoms with Gasteiger partial charge in [-0.05, 0) is 55.9 Å². The second-order valence-corrected chi connectivity index (χ2v) is 10.8. The Morgan fingerprint density at radius 2 is 1.91 bits per heavy atom. The average Bonchev–Trinajstić information content (AvgIpc) is 3.02. The molecule has 0 aromatic carbocycles. The van der Waals surface area contributed by atoms with Gasteiger partial charge in [0.25, 0.3) is 0 Å². The maximum absolute atomic E-state index is 9.89. The number of nitriles is 3. The number of amidine groups is 1. The summed E-state index contributed by atoms with van der Waals surface area (Å²) in [5, 5.41) is 28.3. The molecule has 4 saturated carbocycles. The van der Waals surface area contributed by atoms with Crippen LogP contribution in [0.4, 0.5) is 0 Å². The summed E-state index contributed by atoms with van der Waals surface area (Å²) in [7, 11) is 0. The maximum atomic E-state index is 9.89. The molecule has 0 amide bonds. The Kier molecular flexibility index (Phi) is 4.86. The van der Waals surface area contributed by atoms with Gasteiger partial charge in [-0.15, -0.1) is 0 Å². The third-order valence-electron chi connectivity index (χ3n) is 8.56. The molecule has 7 heteroatoms. The first-order valence-corrected chi connectivity index (χ1v) is 11.5. The zero-order chi connectivity index (χ0) is 22.5. The van der Waals surface area contributed by atoms with Crippen molar-refractivity contribution in [2.24, 2.45) is 39.5 Å². The molecule has 3 atom stereocenters. The van der Waals surface area contributed by atoms with E-state index in [4.69, 9.17) is 10.00 Å². The van der Waals surface area contributed by atoms with Gasteiger partial charge in [0.05, 0.1) is 23.7 Å². The van der Waals surface area contributed by atoms with E-state index in [0.717, 1.165) is 31.6 Å². The predicted octanol–water partition coefficient (Wildman–Crippen LogP) is 3.89. The highest BCUT2D eigenvalue weighted by Crippen LogP contribution is 2.61. The number of likely N-dealkylation sites (tertiary alicyclic amines) is 1. The summed E-state index contributed by atoms with van der Waals surface area (Å²) in [4.78, 5) is 11.0. The summed E-state index contributed by atoms with van der Waals surface area (Å²) in [6.07, 6.45) is 8.99. The highest BCUT2D eigenvalue weighted by atomic mass is 16.5. The molecule has 1 aromatic rings. The van der Waals surface area contributed by atoms with Crippen LogP contribution in [-0.2, 0) is 0 Å². The Hall–Kier alpha value is -3.11. The van der Waals surface area contributed by atoms with Gasteiger partial charge >= 0.3 is 0 Å². The van der Waals surface area contributed by atoms with Crippen LogP contribution >= 0.6 is 0 Å². The molecule has 1 aromatic heterocycles. The van der Waals surface area contributed by atoms with Crippen molar-refractivity contribution in [2.75, 3.05) is 13.2 Å². The summed E-state index contributed by atoms with van der Waals surface area (Å²) in [5.41, 5.74) is 0.0767. The summed E-state index contributed by atoms with van der Waals surface area (Å²) < 4.78 is 6.01. The van der Waals surface area contributed by atoms with Gasteiger partial charge in [0.15, 0.2) is 0 Å². The van der Waals surface area contributed by atoms with Crippen LogP contribution in [0.25, 0.3) is 0 Å². The van der Waals surface area contributed by atoms with Crippen molar-refractivity contribution in [2.45, 2.75) is 52.0 Å². The number of hydrogen-bond acceptors (Lipinski definition) is 6. The molecule has 5 fully saturated rings. The van der Waals surface area contributed by atoms with Crippen LogP contribution in [0.3, 0.4) is 0 Å². The summed E-state index contributed by atoms with van der Waals surface area (Å²) in [6, 6.07) is 8.54. The van der Waals surface area contributed by atoms with Crippen molar-refractivity contribution in [3.05, 3.63) is 23.9 Å². The molecule has 0 radical (unpaired) electrons. The van der Waals surface area contributed by atoms with E-state index in [1.54, 1.807) is 12.1 Å². The van der Waals surface area contributed by atoms with E-state index in [1.807, 2.05) is 0 Å². The molecule has 1 aliphatic heterocycles. The van der Waals surface area contributed by atoms with E-state index in [9.17, 15) is 10.5 Å². The quantitative estimate of drug-likeness (QED) is 0.673. The van der Waals surface area contributed by atoms with E-state index < -0.39 is 0 Å². The lowest BCUT2D eigenvalue weighted by Crippen LogP contribution is -2.59. The fraction of sp³-hybridized carbons (Fsp3) is 0.640. The first-order valence-electron chi connectivity index (χ1n) is 11.5. The highest BCUT2D eigenvalue weighted by molar-refractivity contribution is 5.91. The van der Waals surface area contributed by atoms with Crippen molar-refractivity contribution in [3.63, 3.8) is 0 Å². The molecule has 0 spiro atoms. The van der Waals surface area contributed by atoms with Crippen molar-refractivity contribution < 1.29 is 4.74 Å². The molecule has 2 heterocycles. The van der Waals surface area contributed by atoms with Gasteiger partial charge in [-0.1, -0.05) is 13.8 Å². The third kappa shape index (κ3) is 3.21. The van der Waals surface area contributed by atoms with Gasteiger partial charge in [0, 0.05) is 36.2 Å². The molecule has 1 saturated heterocycles. The van der Waals surface area contributed by atoms with Crippen LogP contribution in [-0.4, -0.2) is 34.9 Å². The van der Waals surface area contributed by atoms with E-state index in [-0.39, 0.29) is 16.7 Å². The lowest BCUT2D eigenvalue weighted by Gasteiger charge is -2.59. The van der Waals surface area contributed by atoms with E-state index in [2.05, 4.69) is 47.1 Å². The number of rotatable bonds is 4. The first kappa shape index (κ1) is 20.8. The number of aliphatic imine (C=N–C) groups is 1. The van der Waals surface area contributed by atoms with E-state index >= 15 is 0 Å². The molecule has 4 aliphatic carbocycles. The molecule has 6 rings (SSSR count). The van der Waals surface area contributed by atoms with Gasteiger partial charge in [0.1, 0.15) is 11.9 Å². The Bertz CT molecular complexity index is 1040. The van der Waals surface area contributed by atoms with Crippen LogP contribution in [0, 0.1) is 68.6 Å². The maximum Gasteiger partial charge on any atom is 0.213 e. The number of pyridine rings is 1. The van der Waals surface area contributed by atoms with Crippen molar-refractivity contribution in [1.82, 2.24) is 9.88 Å². The standard InChI is InChI=1S/C25H28N6O/c1-24(2)20(13-32-21-4-3-16(10-26)11-29-21)12-31(23(24)30-15-28)22-18-5-17-6-19(22)9-25(7-17,8-18)14-27/h3-4,11,17-20,22H,5-9,12-13H2,1-2H3/b30-23-. The highest BCUT2D eigenvalue weighted by Gasteiger charge is 2.60. The first-order chi connectivity index (χ1) is 15.4. The number of aromatic nitrogens is 1. The second kappa shape index (κ2) is 7.49. The Balaban J connectivity index is 1.37. The predicted molar refractivity (Wildman–Crippen MR) is 117 cm³/mol. The van der Waals surface area contributed by atoms with Crippen molar-refractivity contribution >= 4 is 5.84 Å². The Morgan fingerprint density at radius 1 is 1.16 bits per heavy atom. The lowest BCUT2D eigenvalue weighted by molar-refractivity contribution is -0.0727. The molecular formula is C25H28N6O. The van der Waals surface area contributed by atoms with Crippen molar-refractivity contribution in [3.8, 4) is 24.2 Å². The number of hydrogen-bond donors (Lipinski definition) is 0. The fourth-order valence-corrected chi connectivity index (χ4v) is 7.25. The van der Waals surface area contributed by atoms with Crippen LogP contribution in [0.5, 0.6) is 5.88 Å². The van der Waals surface area contributed by atoms with E-state index in [0.29, 0.717) is 41.8 Å². The SMILES string of the molecule is CC1(C)/C(=N/C#N)N(C2C3CC4CC2CC(C#N)(C4)C3)CC1COc1ccc(C#N)cn1. The van der Waals surface area contributed by atoms with Gasteiger partial charge in [-0.2, -0.15) is 20.8 Å². The largest absolute Gasteiger partial charge is 0.477 e. The van der Waals surface area contributed by atoms with Gasteiger partial charge in [-0.3, -0.25) is 0 Å². The smallest absolute Gasteiger partial charge is 0.213 e. The van der Waals surface area contributed by atoms with Gasteiger partial charge in [0.2, 0.25) is 12.1 Å². The molecule has 164 valence electrons. The Labute approximate surface area is 189 Å². The zero-order valence-corrected chi connectivity index (χ0v) is 18.7. The number of nitrogens with zero attached hydrogens (tertiary/aromatic N) is 6. The average molecular weight is 429 g/mol. The van der Waals surface area contributed by atoms with Gasteiger partial charge in [-0.25, -0.2) is 4.98 Å². The fourth-order valence-electron chi connectivity index (χ4n) is 7.25. The minimum atomic E-state index is -0.302. The molecule has 32 heavy (non-hydrogen) atoms. The molecule has 3 unspecified atom stereocenters. The summed E-state index contributed by atoms with van der Waals surface area (Å²) in [6.45, 7) is 5.57. The minimum absolute atomic E-state index is 0.126. The normalized spacial score (nSPS) is 37.7. The zero-order valence-electron chi connectivity index (χ0n) is 18.7. The van der Waals surface area contributed by atoms with Crippen LogP contribution in [0.1, 0.15) is 51.5 Å². The van der Waals surface area contributed by atoms with E-state index in [1.165, 1.54) is 19.0 Å². The molecule has 7 nitrogen and oxygen atoms in total. The van der Waals surface area contributed by atoms with Gasteiger partial charge < -0.3 is 9.64 Å². The third-order valence-corrected chi connectivity index (χ3v) is 8.56. The minimum Gasteiger partial charge on any atom is -0.477 e. The lowest BCUT2D eigenvalue weighted by atomic mass is 9.48. The summed E-state index contributed by atoms with van der Waals surface area (Å²) >= 11 is 0. The van der Waals surface area contributed by atoms with Crippen LogP contribution < -0.4 is 4.74 Å². The molecule has 4 bridgehead atoms. The number of ether oxygens (including phenoxy) is 1. The molecule has 0 N–H and O–H groups in total. The second-order valence-electron chi connectivity index (χ2n) is 10.8. The molecular weight excluding hydrogens is 400 g/mol. The molecule has 5 aliphatic rings. The monoisotopic (exact) mass is 428 g/mol. The summed E-state index contributed by atoms with van der Waals surface area (Å²) in [5.74, 6) is 3.21. The van der Waals surface area contributed by atoms with Crippen LogP contribution in [0.2, 0.25) is 0 Å². The van der Waals surface area contributed by atoms with Crippen molar-refractivity contribution in [1.29, 1.82) is 15.8 Å². The van der Waals surface area contributed by atoms with Crippen LogP contribution in [0.15, 0.2) is 23.3 Å². The Morgan fingerprint density at radius 3 is 2.50 bits per heavy atom.